The normalized spacial score (nSPS) is 11.4. The van der Waals surface area contributed by atoms with E-state index in [1.165, 1.54) is 0 Å². The Morgan fingerprint density at radius 3 is 2.75 bits per heavy atom. The molecule has 20 heavy (non-hydrogen) atoms. The molecule has 2 N–H and O–H groups in total. The van der Waals surface area contributed by atoms with E-state index >= 15 is 0 Å². The third kappa shape index (κ3) is 3.57. The summed E-state index contributed by atoms with van der Waals surface area (Å²) in [6.07, 6.45) is -0.656. The van der Waals surface area contributed by atoms with Crippen molar-refractivity contribution in [1.29, 1.82) is 0 Å². The van der Waals surface area contributed by atoms with Gasteiger partial charge in [0.25, 0.3) is 0 Å². The lowest BCUT2D eigenvalue weighted by atomic mass is 10.2. The summed E-state index contributed by atoms with van der Waals surface area (Å²) in [5, 5.41) is 3.11. The molecule has 2 aromatic rings. The molecule has 2 rings (SSSR count). The quantitative estimate of drug-likeness (QED) is 0.836. The second-order valence-corrected chi connectivity index (χ2v) is 6.12. The van der Waals surface area contributed by atoms with Gasteiger partial charge in [-0.3, -0.25) is 5.32 Å². The molecule has 0 fully saturated rings. The Labute approximate surface area is 123 Å². The summed E-state index contributed by atoms with van der Waals surface area (Å²) in [5.41, 5.74) is -0.577. The Kier molecular flexibility index (Phi) is 3.80. The minimum Gasteiger partial charge on any atom is -0.444 e. The van der Waals surface area contributed by atoms with Crippen LogP contribution >= 0.6 is 15.9 Å². The number of rotatable bonds is 1. The zero-order valence-electron chi connectivity index (χ0n) is 11.3. The molecule has 0 bridgehead atoms. The predicted octanol–water partition coefficient (Wildman–Crippen LogP) is 3.03. The van der Waals surface area contributed by atoms with Crippen molar-refractivity contribution in [3.05, 3.63) is 33.2 Å². The van der Waals surface area contributed by atoms with Gasteiger partial charge in [-0.1, -0.05) is 15.9 Å². The third-order valence-corrected chi connectivity index (χ3v) is 2.80. The third-order valence-electron chi connectivity index (χ3n) is 2.31. The number of hydrogen-bond acceptors (Lipinski definition) is 4. The van der Waals surface area contributed by atoms with Crippen LogP contribution in [0.3, 0.4) is 0 Å². The molecule has 1 aromatic carbocycles. The maximum atomic E-state index is 11.8. The molecule has 0 radical (unpaired) electrons. The summed E-state index contributed by atoms with van der Waals surface area (Å²) >= 11 is 3.34. The number of fused-ring (bicyclic) bond motifs is 1. The van der Waals surface area contributed by atoms with E-state index in [1.54, 1.807) is 39.0 Å². The first kappa shape index (κ1) is 14.5. The van der Waals surface area contributed by atoms with Crippen LogP contribution in [0.15, 0.2) is 27.5 Å². The smallest absolute Gasteiger partial charge is 0.413 e. The largest absolute Gasteiger partial charge is 0.444 e. The zero-order chi connectivity index (χ0) is 14.9. The molecular weight excluding hydrogens is 326 g/mol. The van der Waals surface area contributed by atoms with Gasteiger partial charge < -0.3 is 9.72 Å². The van der Waals surface area contributed by atoms with Crippen molar-refractivity contribution in [2.45, 2.75) is 26.4 Å². The minimum absolute atomic E-state index is 0.166. The van der Waals surface area contributed by atoms with Crippen molar-refractivity contribution in [2.24, 2.45) is 0 Å². The highest BCUT2D eigenvalue weighted by molar-refractivity contribution is 9.10. The monoisotopic (exact) mass is 339 g/mol. The lowest BCUT2D eigenvalue weighted by Gasteiger charge is -2.19. The highest BCUT2D eigenvalue weighted by Gasteiger charge is 2.17. The number of carbonyl (C=O) groups excluding carboxylic acids is 1. The van der Waals surface area contributed by atoms with Crippen LogP contribution < -0.4 is 11.0 Å². The standard InChI is InChI=1S/C13H14BrN3O3/c1-13(2,3)20-12(19)17-10-8-6-7(14)4-5-9(8)15-11(18)16-10/h4-6H,1-3H3,(H2,15,16,17,18,19). The van der Waals surface area contributed by atoms with E-state index in [-0.39, 0.29) is 5.82 Å². The van der Waals surface area contributed by atoms with Gasteiger partial charge in [-0.05, 0) is 39.0 Å². The van der Waals surface area contributed by atoms with E-state index in [0.717, 1.165) is 4.47 Å². The molecular formula is C13H14BrN3O3. The van der Waals surface area contributed by atoms with Crippen molar-refractivity contribution in [2.75, 3.05) is 5.32 Å². The highest BCUT2D eigenvalue weighted by Crippen LogP contribution is 2.22. The number of hydrogen-bond donors (Lipinski definition) is 2. The molecule has 6 nitrogen and oxygen atoms in total. The van der Waals surface area contributed by atoms with Gasteiger partial charge in [0.2, 0.25) is 0 Å². The van der Waals surface area contributed by atoms with Crippen molar-refractivity contribution in [3.63, 3.8) is 0 Å². The molecule has 0 aliphatic heterocycles. The number of halogens is 1. The Hall–Kier alpha value is -1.89. The molecule has 1 aromatic heterocycles. The number of H-pyrrole nitrogens is 1. The maximum Gasteiger partial charge on any atom is 0.413 e. The summed E-state index contributed by atoms with van der Waals surface area (Å²) in [4.78, 5) is 29.6. The van der Waals surface area contributed by atoms with E-state index in [9.17, 15) is 9.59 Å². The van der Waals surface area contributed by atoms with Crippen LogP contribution in [0.1, 0.15) is 20.8 Å². The van der Waals surface area contributed by atoms with Crippen LogP contribution in [0.4, 0.5) is 10.6 Å². The highest BCUT2D eigenvalue weighted by atomic mass is 79.9. The van der Waals surface area contributed by atoms with Crippen LogP contribution in [-0.4, -0.2) is 21.7 Å². The van der Waals surface area contributed by atoms with Gasteiger partial charge in [0.05, 0.1) is 5.52 Å². The molecule has 0 saturated carbocycles. The molecule has 0 saturated heterocycles. The fraction of sp³-hybridized carbons (Fsp3) is 0.308. The van der Waals surface area contributed by atoms with Crippen LogP contribution in [0.5, 0.6) is 0 Å². The first-order valence-corrected chi connectivity index (χ1v) is 6.73. The van der Waals surface area contributed by atoms with Crippen LogP contribution in [-0.2, 0) is 4.74 Å². The summed E-state index contributed by atoms with van der Waals surface area (Å²) in [5.74, 6) is 0.166. The van der Waals surface area contributed by atoms with E-state index in [0.29, 0.717) is 10.9 Å². The number of benzene rings is 1. The number of nitrogens with one attached hydrogen (secondary N) is 2. The average Bonchev–Trinajstić information content (AvgIpc) is 2.27. The molecule has 1 amide bonds. The molecule has 0 unspecified atom stereocenters. The Balaban J connectivity index is 2.41. The van der Waals surface area contributed by atoms with Gasteiger partial charge in [0.15, 0.2) is 5.82 Å². The lowest BCUT2D eigenvalue weighted by Crippen LogP contribution is -2.28. The van der Waals surface area contributed by atoms with Gasteiger partial charge in [-0.25, -0.2) is 9.59 Å². The molecule has 0 spiro atoms. The predicted molar refractivity (Wildman–Crippen MR) is 79.9 cm³/mol. The van der Waals surface area contributed by atoms with Crippen LogP contribution in [0, 0.1) is 0 Å². The number of aromatic nitrogens is 2. The van der Waals surface area contributed by atoms with E-state index in [2.05, 4.69) is 31.2 Å². The van der Waals surface area contributed by atoms with Crippen molar-refractivity contribution < 1.29 is 9.53 Å². The Morgan fingerprint density at radius 1 is 1.40 bits per heavy atom. The van der Waals surface area contributed by atoms with Gasteiger partial charge in [-0.15, -0.1) is 0 Å². The second kappa shape index (κ2) is 5.24. The molecule has 0 atom stereocenters. The van der Waals surface area contributed by atoms with E-state index in [4.69, 9.17) is 4.74 Å². The van der Waals surface area contributed by atoms with Gasteiger partial charge in [0.1, 0.15) is 5.60 Å². The zero-order valence-corrected chi connectivity index (χ0v) is 12.9. The summed E-state index contributed by atoms with van der Waals surface area (Å²) in [6.45, 7) is 5.27. The first-order valence-electron chi connectivity index (χ1n) is 5.94. The van der Waals surface area contributed by atoms with Gasteiger partial charge >= 0.3 is 11.8 Å². The second-order valence-electron chi connectivity index (χ2n) is 5.21. The summed E-state index contributed by atoms with van der Waals surface area (Å²) < 4.78 is 5.96. The maximum absolute atomic E-state index is 11.8. The number of amides is 1. The summed E-state index contributed by atoms with van der Waals surface area (Å²) in [6, 6.07) is 5.27. The first-order chi connectivity index (χ1) is 9.24. The SMILES string of the molecule is CC(C)(C)OC(=O)Nc1nc(=O)[nH]c2ccc(Br)cc12. The molecule has 0 aliphatic carbocycles. The average molecular weight is 340 g/mol. The van der Waals surface area contributed by atoms with E-state index < -0.39 is 17.4 Å². The molecule has 1 heterocycles. The lowest BCUT2D eigenvalue weighted by molar-refractivity contribution is 0.0635. The Bertz CT molecular complexity index is 719. The van der Waals surface area contributed by atoms with Gasteiger partial charge in [-0.2, -0.15) is 4.98 Å². The van der Waals surface area contributed by atoms with Crippen LogP contribution in [0.2, 0.25) is 0 Å². The molecule has 0 aliphatic rings. The topological polar surface area (TPSA) is 84.1 Å². The van der Waals surface area contributed by atoms with Crippen molar-refractivity contribution >= 4 is 38.7 Å². The number of nitrogens with zero attached hydrogens (tertiary/aromatic N) is 1. The Morgan fingerprint density at radius 2 is 2.10 bits per heavy atom. The molecule has 7 heteroatoms. The number of carbonyl (C=O) groups is 1. The fourth-order valence-corrected chi connectivity index (χ4v) is 1.98. The number of anilines is 1. The number of ether oxygens (including phenoxy) is 1. The fourth-order valence-electron chi connectivity index (χ4n) is 1.62. The summed E-state index contributed by atoms with van der Waals surface area (Å²) in [7, 11) is 0. The van der Waals surface area contributed by atoms with Crippen molar-refractivity contribution in [1.82, 2.24) is 9.97 Å². The van der Waals surface area contributed by atoms with Crippen LogP contribution in [0.25, 0.3) is 10.9 Å². The molecule has 106 valence electrons. The van der Waals surface area contributed by atoms with E-state index in [1.807, 2.05) is 0 Å². The van der Waals surface area contributed by atoms with Crippen molar-refractivity contribution in [3.8, 4) is 0 Å². The van der Waals surface area contributed by atoms with Gasteiger partial charge in [0, 0.05) is 9.86 Å². The number of aromatic amines is 1. The minimum atomic E-state index is -0.656.